The van der Waals surface area contributed by atoms with Gasteiger partial charge in [-0.1, -0.05) is 49.7 Å². The third kappa shape index (κ3) is 6.23. The number of rotatable bonds is 10. The molecule has 0 aromatic heterocycles. The minimum absolute atomic E-state index is 0.0944. The number of ether oxygens (including phenoxy) is 1. The molecule has 1 N–H and O–H groups in total. The van der Waals surface area contributed by atoms with Crippen LogP contribution in [0.1, 0.15) is 35.7 Å². The van der Waals surface area contributed by atoms with Crippen LogP contribution in [0.15, 0.2) is 83.8 Å². The van der Waals surface area contributed by atoms with Gasteiger partial charge in [-0.2, -0.15) is 0 Å². The van der Waals surface area contributed by atoms with Crippen molar-refractivity contribution in [2.75, 3.05) is 22.8 Å². The van der Waals surface area contributed by atoms with E-state index in [4.69, 9.17) is 4.74 Å². The molecule has 178 valence electrons. The molecule has 8 heteroatoms. The van der Waals surface area contributed by atoms with Gasteiger partial charge in [-0.15, -0.1) is 0 Å². The summed E-state index contributed by atoms with van der Waals surface area (Å²) in [7, 11) is -3.98. The number of sulfonamides is 1. The summed E-state index contributed by atoms with van der Waals surface area (Å²) < 4.78 is 33.1. The van der Waals surface area contributed by atoms with Crippen molar-refractivity contribution >= 4 is 33.3 Å². The zero-order chi connectivity index (χ0) is 24.6. The van der Waals surface area contributed by atoms with E-state index in [-0.39, 0.29) is 4.90 Å². The molecule has 0 aliphatic heterocycles. The van der Waals surface area contributed by atoms with Crippen LogP contribution in [0.2, 0.25) is 0 Å². The van der Waals surface area contributed by atoms with Gasteiger partial charge < -0.3 is 10.1 Å². The maximum absolute atomic E-state index is 13.4. The summed E-state index contributed by atoms with van der Waals surface area (Å²) in [5, 5.41) is 2.71. The van der Waals surface area contributed by atoms with E-state index in [0.717, 1.165) is 22.7 Å². The summed E-state index contributed by atoms with van der Waals surface area (Å²) in [6, 6.07) is 21.3. The van der Waals surface area contributed by atoms with Crippen molar-refractivity contribution in [3.05, 3.63) is 90.0 Å². The molecule has 0 atom stereocenters. The number of nitrogens with zero attached hydrogens (tertiary/aromatic N) is 1. The number of carbonyl (C=O) groups excluding carboxylic acids is 2. The average molecular weight is 481 g/mol. The molecule has 0 fully saturated rings. The smallest absolute Gasteiger partial charge is 0.338 e. The van der Waals surface area contributed by atoms with Crippen molar-refractivity contribution in [1.29, 1.82) is 0 Å². The number of benzene rings is 3. The van der Waals surface area contributed by atoms with E-state index in [1.165, 1.54) is 12.1 Å². The fourth-order valence-electron chi connectivity index (χ4n) is 3.28. The predicted octanol–water partition coefficient (Wildman–Crippen LogP) is 4.79. The Labute approximate surface area is 200 Å². The van der Waals surface area contributed by atoms with E-state index in [9.17, 15) is 18.0 Å². The van der Waals surface area contributed by atoms with Gasteiger partial charge in [-0.3, -0.25) is 9.10 Å². The first-order valence-electron chi connectivity index (χ1n) is 11.0. The predicted molar refractivity (Wildman–Crippen MR) is 132 cm³/mol. The normalized spacial score (nSPS) is 11.0. The van der Waals surface area contributed by atoms with Crippen molar-refractivity contribution in [2.24, 2.45) is 0 Å². The molecule has 0 radical (unpaired) electrons. The van der Waals surface area contributed by atoms with Crippen LogP contribution in [0.5, 0.6) is 0 Å². The van der Waals surface area contributed by atoms with Crippen LogP contribution < -0.4 is 9.62 Å². The van der Waals surface area contributed by atoms with Crippen LogP contribution in [0.3, 0.4) is 0 Å². The van der Waals surface area contributed by atoms with Gasteiger partial charge in [0.2, 0.25) is 5.91 Å². The molecule has 0 heterocycles. The molecule has 0 saturated carbocycles. The maximum atomic E-state index is 13.4. The highest BCUT2D eigenvalue weighted by atomic mass is 32.2. The van der Waals surface area contributed by atoms with Gasteiger partial charge >= 0.3 is 5.97 Å². The number of hydrogen-bond acceptors (Lipinski definition) is 5. The topological polar surface area (TPSA) is 92.8 Å². The highest BCUT2D eigenvalue weighted by molar-refractivity contribution is 7.92. The Morgan fingerprint density at radius 2 is 1.56 bits per heavy atom. The molecule has 0 aliphatic carbocycles. The highest BCUT2D eigenvalue weighted by Gasteiger charge is 2.28. The number of carbonyl (C=O) groups is 2. The van der Waals surface area contributed by atoms with Crippen molar-refractivity contribution in [3.63, 3.8) is 0 Å². The Bertz CT molecular complexity index is 1230. The van der Waals surface area contributed by atoms with E-state index in [2.05, 4.69) is 5.32 Å². The van der Waals surface area contributed by atoms with Gasteiger partial charge in [0, 0.05) is 5.69 Å². The number of para-hydroxylation sites is 1. The van der Waals surface area contributed by atoms with Gasteiger partial charge in [0.15, 0.2) is 0 Å². The standard InChI is InChI=1S/C26H28N2O5S/c1-3-4-18-33-26(30)21-14-16-22(17-15-21)27-25(29)19-28(24-13-9-8-10-20(24)2)34(31,32)23-11-6-5-7-12-23/h5-17H,3-4,18-19H2,1-2H3,(H,27,29). The largest absolute Gasteiger partial charge is 0.462 e. The lowest BCUT2D eigenvalue weighted by Crippen LogP contribution is -2.38. The third-order valence-corrected chi connectivity index (χ3v) is 6.91. The van der Waals surface area contributed by atoms with E-state index in [1.54, 1.807) is 73.7 Å². The fourth-order valence-corrected chi connectivity index (χ4v) is 4.78. The lowest BCUT2D eigenvalue weighted by molar-refractivity contribution is -0.114. The molecule has 34 heavy (non-hydrogen) atoms. The minimum atomic E-state index is -3.98. The monoisotopic (exact) mass is 480 g/mol. The second-order valence-corrected chi connectivity index (χ2v) is 9.59. The Morgan fingerprint density at radius 3 is 2.21 bits per heavy atom. The van der Waals surface area contributed by atoms with Crippen LogP contribution in [0.25, 0.3) is 0 Å². The first kappa shape index (κ1) is 25.0. The first-order chi connectivity index (χ1) is 16.3. The summed E-state index contributed by atoms with van der Waals surface area (Å²) in [6.07, 6.45) is 1.72. The molecule has 0 saturated heterocycles. The van der Waals surface area contributed by atoms with Crippen molar-refractivity contribution in [2.45, 2.75) is 31.6 Å². The molecule has 3 aromatic carbocycles. The summed E-state index contributed by atoms with van der Waals surface area (Å²) in [4.78, 5) is 25.0. The Balaban J connectivity index is 1.78. The first-order valence-corrected chi connectivity index (χ1v) is 12.5. The molecular formula is C26H28N2O5S. The van der Waals surface area contributed by atoms with E-state index in [1.807, 2.05) is 6.92 Å². The maximum Gasteiger partial charge on any atom is 0.338 e. The fraction of sp³-hybridized carbons (Fsp3) is 0.231. The van der Waals surface area contributed by atoms with Crippen LogP contribution in [0.4, 0.5) is 11.4 Å². The van der Waals surface area contributed by atoms with Gasteiger partial charge in [-0.05, 0) is 61.4 Å². The van der Waals surface area contributed by atoms with Crippen molar-refractivity contribution < 1.29 is 22.7 Å². The van der Waals surface area contributed by atoms with Crippen LogP contribution in [-0.4, -0.2) is 33.4 Å². The number of anilines is 2. The Hall–Kier alpha value is -3.65. The molecule has 7 nitrogen and oxygen atoms in total. The van der Waals surface area contributed by atoms with E-state index >= 15 is 0 Å². The average Bonchev–Trinajstić information content (AvgIpc) is 2.84. The SMILES string of the molecule is CCCCOC(=O)c1ccc(NC(=O)CN(c2ccccc2C)S(=O)(=O)c2ccccc2)cc1. The summed E-state index contributed by atoms with van der Waals surface area (Å²) in [6.45, 7) is 3.75. The molecule has 0 spiro atoms. The molecular weight excluding hydrogens is 452 g/mol. The van der Waals surface area contributed by atoms with Gasteiger partial charge in [0.05, 0.1) is 22.8 Å². The number of esters is 1. The molecule has 0 bridgehead atoms. The Kier molecular flexibility index (Phi) is 8.43. The number of nitrogens with one attached hydrogen (secondary N) is 1. The lowest BCUT2D eigenvalue weighted by Gasteiger charge is -2.25. The summed E-state index contributed by atoms with van der Waals surface area (Å²) in [5.41, 5.74) is 1.96. The van der Waals surface area contributed by atoms with E-state index < -0.39 is 28.4 Å². The van der Waals surface area contributed by atoms with Crippen molar-refractivity contribution in [3.8, 4) is 0 Å². The quantitative estimate of drug-likeness (QED) is 0.333. The molecule has 3 rings (SSSR count). The summed E-state index contributed by atoms with van der Waals surface area (Å²) >= 11 is 0. The molecule has 0 aliphatic rings. The minimum Gasteiger partial charge on any atom is -0.462 e. The second-order valence-electron chi connectivity index (χ2n) is 7.73. The van der Waals surface area contributed by atoms with Crippen LogP contribution >= 0.6 is 0 Å². The number of unbranched alkanes of at least 4 members (excludes halogenated alkanes) is 1. The molecule has 0 unspecified atom stereocenters. The van der Waals surface area contributed by atoms with E-state index in [0.29, 0.717) is 23.5 Å². The molecule has 3 aromatic rings. The highest BCUT2D eigenvalue weighted by Crippen LogP contribution is 2.26. The number of aryl methyl sites for hydroxylation is 1. The van der Waals surface area contributed by atoms with Gasteiger partial charge in [-0.25, -0.2) is 13.2 Å². The van der Waals surface area contributed by atoms with Gasteiger partial charge in [0.25, 0.3) is 10.0 Å². The lowest BCUT2D eigenvalue weighted by atomic mass is 10.2. The van der Waals surface area contributed by atoms with Crippen LogP contribution in [-0.2, 0) is 19.6 Å². The molecule has 1 amide bonds. The van der Waals surface area contributed by atoms with Gasteiger partial charge in [0.1, 0.15) is 6.54 Å². The summed E-state index contributed by atoms with van der Waals surface area (Å²) in [5.74, 6) is -0.938. The Morgan fingerprint density at radius 1 is 0.912 bits per heavy atom. The van der Waals surface area contributed by atoms with Crippen LogP contribution in [0, 0.1) is 6.92 Å². The zero-order valence-electron chi connectivity index (χ0n) is 19.2. The number of amides is 1. The zero-order valence-corrected chi connectivity index (χ0v) is 20.0. The second kappa shape index (κ2) is 11.5. The van der Waals surface area contributed by atoms with Crippen molar-refractivity contribution in [1.82, 2.24) is 0 Å². The number of hydrogen-bond donors (Lipinski definition) is 1. The third-order valence-electron chi connectivity index (χ3n) is 5.14.